The summed E-state index contributed by atoms with van der Waals surface area (Å²) in [7, 11) is 3.73. The number of halogens is 2. The zero-order valence-electron chi connectivity index (χ0n) is 13.2. The molecule has 2 aromatic rings. The van der Waals surface area contributed by atoms with E-state index >= 15 is 0 Å². The van der Waals surface area contributed by atoms with E-state index in [4.69, 9.17) is 4.74 Å². The van der Waals surface area contributed by atoms with Gasteiger partial charge in [0.1, 0.15) is 0 Å². The molecule has 0 spiro atoms. The van der Waals surface area contributed by atoms with Gasteiger partial charge in [0.05, 0.1) is 0 Å². The quantitative estimate of drug-likeness (QED) is 0.343. The topological polar surface area (TPSA) is 22.3 Å². The number of rotatable bonds is 4. The summed E-state index contributed by atoms with van der Waals surface area (Å²) >= 11 is 7.00. The molecule has 1 saturated carbocycles. The molecule has 0 atom stereocenters. The van der Waals surface area contributed by atoms with Crippen LogP contribution in [0.2, 0.25) is 0 Å². The van der Waals surface area contributed by atoms with Crippen LogP contribution in [0.5, 0.6) is 5.75 Å². The van der Waals surface area contributed by atoms with Crippen LogP contribution in [0.15, 0.2) is 36.7 Å². The van der Waals surface area contributed by atoms with E-state index in [-0.39, 0.29) is 0 Å². The van der Waals surface area contributed by atoms with E-state index in [1.54, 1.807) is 7.11 Å². The van der Waals surface area contributed by atoms with E-state index in [0.717, 1.165) is 18.3 Å². The van der Waals surface area contributed by atoms with Gasteiger partial charge >= 0.3 is 106 Å². The summed E-state index contributed by atoms with van der Waals surface area (Å²) in [6.07, 6.45) is 8.41. The summed E-state index contributed by atoms with van der Waals surface area (Å²) in [5.41, 5.74) is 1.27. The molecule has 1 aliphatic carbocycles. The molecule has 130 valence electrons. The van der Waals surface area contributed by atoms with Crippen molar-refractivity contribution in [2.24, 2.45) is 7.05 Å². The Morgan fingerprint density at radius 2 is 1.87 bits per heavy atom. The fourth-order valence-corrected chi connectivity index (χ4v) is 3.75. The summed E-state index contributed by atoms with van der Waals surface area (Å²) < 4.78 is 12.9. The second kappa shape index (κ2) is 9.73. The number of imidazole rings is 1. The van der Waals surface area contributed by atoms with E-state index in [1.807, 2.05) is 19.2 Å². The number of aromatic nitrogens is 2. The molecular weight excluding hydrogens is 699 g/mol. The van der Waals surface area contributed by atoms with Crippen molar-refractivity contribution in [1.29, 1.82) is 0 Å². The van der Waals surface area contributed by atoms with Crippen molar-refractivity contribution >= 4 is 45.7 Å². The number of nitrogens with zero attached hydrogens (tertiary/aromatic N) is 3. The Morgan fingerprint density at radius 1 is 1.22 bits per heavy atom. The van der Waals surface area contributed by atoms with Crippen LogP contribution in [0.25, 0.3) is 0 Å². The predicted octanol–water partition coefficient (Wildman–Crippen LogP) is 4.50. The maximum Gasteiger partial charge on any atom is 0.0311 e. The van der Waals surface area contributed by atoms with Gasteiger partial charge < -0.3 is 0 Å². The number of methoxy groups -OCH3 is 1. The van der Waals surface area contributed by atoms with Crippen molar-refractivity contribution in [3.63, 3.8) is 0 Å². The van der Waals surface area contributed by atoms with Gasteiger partial charge in [-0.05, 0) is 12.8 Å². The second-order valence-electron chi connectivity index (χ2n) is 5.47. The van der Waals surface area contributed by atoms with Gasteiger partial charge in [-0.2, -0.15) is 1.33 Å². The molecule has 7 heteroatoms. The molecule has 0 unspecified atom stereocenters. The molecule has 0 radical (unpaired) electrons. The fourth-order valence-electron chi connectivity index (χ4n) is 2.12. The standard InChI is InChI=1S/C12H14N2O.C4H7I2N.Pt/c1-13-7-8-14(10-13)9-11-3-5-12(15-2)6-4-11;5-7(6)4-2-1-3-4;/h3-8H,9H2,1-2H3;4H,1-3H2;. The first-order valence-electron chi connectivity index (χ1n) is 7.42. The Kier molecular flexibility index (Phi) is 8.31. The minimum absolute atomic E-state index is 0.890. The van der Waals surface area contributed by atoms with Crippen LogP contribution in [-0.2, 0) is 32.9 Å². The molecule has 0 saturated heterocycles. The third kappa shape index (κ3) is 5.97. The average molecular weight is 720 g/mol. The summed E-state index contributed by atoms with van der Waals surface area (Å²) in [4.78, 5) is 0. The van der Waals surface area contributed by atoms with Crippen molar-refractivity contribution in [3.8, 4) is 5.75 Å². The first kappa shape index (κ1) is 19.7. The normalized spacial score (nSPS) is 14.2. The van der Waals surface area contributed by atoms with E-state index in [9.17, 15) is 0 Å². The largest absolute Gasteiger partial charge is 0.185 e. The van der Waals surface area contributed by atoms with Crippen LogP contribution in [0.3, 0.4) is 0 Å². The molecule has 4 nitrogen and oxygen atoms in total. The van der Waals surface area contributed by atoms with Gasteiger partial charge in [0.2, 0.25) is 0 Å². The Bertz CT molecular complexity index is 663. The molecule has 1 fully saturated rings. The summed E-state index contributed by atoms with van der Waals surface area (Å²) in [6.45, 7) is 0.893. The summed E-state index contributed by atoms with van der Waals surface area (Å²) in [5.74, 6) is 0.900. The molecule has 1 aliphatic rings. The number of hydrogen-bond donors (Lipinski definition) is 0. The zero-order chi connectivity index (χ0) is 16.8. The monoisotopic (exact) mass is 720 g/mol. The number of hydrogen-bond acceptors (Lipinski definition) is 2. The molecule has 0 aliphatic heterocycles. The van der Waals surface area contributed by atoms with Crippen LogP contribution in [0.4, 0.5) is 0 Å². The van der Waals surface area contributed by atoms with E-state index < -0.39 is 0 Å². The third-order valence-corrected chi connectivity index (χ3v) is 6.85. The Labute approximate surface area is 176 Å². The number of benzene rings is 1. The molecular formula is C16H21I2N3OPt. The van der Waals surface area contributed by atoms with Gasteiger partial charge in [0.25, 0.3) is 0 Å². The second-order valence-corrected chi connectivity index (χ2v) is 10.4. The molecule has 1 heterocycles. The Balaban J connectivity index is 0.000000229. The maximum atomic E-state index is 5.13. The third-order valence-electron chi connectivity index (χ3n) is 3.82. The van der Waals surface area contributed by atoms with Crippen molar-refractivity contribution in [2.75, 3.05) is 7.11 Å². The average Bonchev–Trinajstić information content (AvgIpc) is 2.78. The van der Waals surface area contributed by atoms with Crippen molar-refractivity contribution in [3.05, 3.63) is 46.0 Å². The minimum Gasteiger partial charge on any atom is -0.185 e. The molecule has 0 N–H and O–H groups in total. The van der Waals surface area contributed by atoms with Crippen LogP contribution < -0.4 is 4.74 Å². The van der Waals surface area contributed by atoms with Gasteiger partial charge in [0, 0.05) is 51.8 Å². The van der Waals surface area contributed by atoms with Crippen LogP contribution in [0, 0.1) is 3.80 Å². The SMILES string of the molecule is COc1ccc(Cn2ccn(C)[c]2=[Pt])cc1.IN(I)C1CCC1. The summed E-state index contributed by atoms with van der Waals surface area (Å²) in [6, 6.07) is 9.06. The predicted molar refractivity (Wildman–Crippen MR) is 106 cm³/mol. The van der Waals surface area contributed by atoms with Crippen molar-refractivity contribution < 1.29 is 24.1 Å². The first-order chi connectivity index (χ1) is 11.0. The number of ether oxygens (including phenoxy) is 1. The minimum atomic E-state index is 0.890. The van der Waals surface area contributed by atoms with Crippen molar-refractivity contribution in [1.82, 2.24) is 10.5 Å². The van der Waals surface area contributed by atoms with Gasteiger partial charge in [-0.1, -0.05) is 6.42 Å². The fraction of sp³-hybridized carbons (Fsp3) is 0.438. The molecule has 3 rings (SSSR count). The zero-order valence-corrected chi connectivity index (χ0v) is 19.8. The van der Waals surface area contributed by atoms with E-state index in [1.165, 1.54) is 28.6 Å². The van der Waals surface area contributed by atoms with Crippen LogP contribution in [0.1, 0.15) is 24.8 Å². The molecule has 1 aromatic heterocycles. The van der Waals surface area contributed by atoms with Crippen molar-refractivity contribution in [2.45, 2.75) is 31.8 Å². The smallest absolute Gasteiger partial charge is 0.0311 e. The van der Waals surface area contributed by atoms with Gasteiger partial charge in [-0.3, -0.25) is 0 Å². The molecule has 1 aromatic carbocycles. The molecule has 0 bridgehead atoms. The molecule has 23 heavy (non-hydrogen) atoms. The van der Waals surface area contributed by atoms with Gasteiger partial charge in [-0.25, -0.2) is 0 Å². The van der Waals surface area contributed by atoms with Gasteiger partial charge in [-0.15, -0.1) is 0 Å². The molecule has 0 amide bonds. The maximum absolute atomic E-state index is 5.13. The summed E-state index contributed by atoms with van der Waals surface area (Å²) in [5, 5.41) is 0. The van der Waals surface area contributed by atoms with Crippen LogP contribution >= 0.6 is 45.7 Å². The Hall–Kier alpha value is 0.338. The Morgan fingerprint density at radius 3 is 2.22 bits per heavy atom. The van der Waals surface area contributed by atoms with E-state index in [2.05, 4.69) is 100 Å². The van der Waals surface area contributed by atoms with E-state index in [0.29, 0.717) is 0 Å². The van der Waals surface area contributed by atoms with Crippen LogP contribution in [-0.4, -0.2) is 23.6 Å². The van der Waals surface area contributed by atoms with Gasteiger partial charge in [0.15, 0.2) is 0 Å². The number of aryl methyl sites for hydroxylation is 1. The first-order valence-corrected chi connectivity index (χ1v) is 10.5.